The molecule has 0 fully saturated rings. The van der Waals surface area contributed by atoms with E-state index in [0.29, 0.717) is 16.5 Å². The molecule has 3 N–H and O–H groups in total. The maximum Gasteiger partial charge on any atom is 0.0736 e. The van der Waals surface area contributed by atoms with E-state index in [1.165, 1.54) is 11.8 Å². The third-order valence-electron chi connectivity index (χ3n) is 2.80. The highest BCUT2D eigenvalue weighted by Crippen LogP contribution is 2.35. The van der Waals surface area contributed by atoms with Crippen LogP contribution in [0.4, 0.5) is 5.69 Å². The van der Waals surface area contributed by atoms with Crippen molar-refractivity contribution < 1.29 is 5.11 Å². The molecule has 0 aliphatic rings. The maximum atomic E-state index is 10.2. The predicted octanol–water partition coefficient (Wildman–Crippen LogP) is 3.57. The molecule has 0 aromatic heterocycles. The minimum atomic E-state index is -0.629. The zero-order valence-corrected chi connectivity index (χ0v) is 11.2. The fourth-order valence-corrected chi connectivity index (χ4v) is 2.95. The summed E-state index contributed by atoms with van der Waals surface area (Å²) in [6.45, 7) is 3.97. The summed E-state index contributed by atoms with van der Waals surface area (Å²) in [6.07, 6.45) is 1.47. The van der Waals surface area contributed by atoms with Crippen LogP contribution in [-0.4, -0.2) is 16.5 Å². The number of aliphatic hydroxyl groups is 1. The van der Waals surface area contributed by atoms with E-state index in [2.05, 4.69) is 0 Å². The Morgan fingerprint density at radius 3 is 2.50 bits per heavy atom. The second-order valence-electron chi connectivity index (χ2n) is 3.88. The summed E-state index contributed by atoms with van der Waals surface area (Å²) in [7, 11) is 0. The number of hydrogen-bond donors (Lipinski definition) is 2. The normalized spacial score (nSPS) is 11.8. The van der Waals surface area contributed by atoms with Crippen molar-refractivity contribution in [3.05, 3.63) is 23.2 Å². The van der Waals surface area contributed by atoms with Gasteiger partial charge in [-0.2, -0.15) is 0 Å². The van der Waals surface area contributed by atoms with Crippen molar-refractivity contribution in [2.45, 2.75) is 37.2 Å². The lowest BCUT2D eigenvalue weighted by molar-refractivity contribution is 0.0572. The molecule has 4 heteroatoms. The first-order valence-corrected chi connectivity index (χ1v) is 6.78. The number of nitrogen functional groups attached to an aromatic ring is 1. The maximum absolute atomic E-state index is 10.2. The minimum absolute atomic E-state index is 0.619. The molecular weight excluding hydrogens is 242 g/mol. The number of halogens is 1. The molecule has 0 atom stereocenters. The van der Waals surface area contributed by atoms with E-state index >= 15 is 0 Å². The number of anilines is 1. The zero-order valence-electron chi connectivity index (χ0n) is 9.66. The molecule has 1 aromatic rings. The third-order valence-corrected chi connectivity index (χ3v) is 4.65. The Labute approximate surface area is 106 Å². The van der Waals surface area contributed by atoms with Crippen LogP contribution in [0.25, 0.3) is 0 Å². The molecule has 0 radical (unpaired) electrons. The van der Waals surface area contributed by atoms with E-state index in [0.717, 1.165) is 17.7 Å². The van der Waals surface area contributed by atoms with Crippen LogP contribution in [0, 0.1) is 0 Å². The van der Waals surface area contributed by atoms with Crippen molar-refractivity contribution in [3.63, 3.8) is 0 Å². The third kappa shape index (κ3) is 3.30. The number of nitrogens with two attached hydrogens (primary N) is 1. The number of benzene rings is 1. The van der Waals surface area contributed by atoms with Gasteiger partial charge in [0.2, 0.25) is 0 Å². The van der Waals surface area contributed by atoms with Gasteiger partial charge in [-0.25, -0.2) is 0 Å². The van der Waals surface area contributed by atoms with Crippen LogP contribution in [0.15, 0.2) is 23.1 Å². The van der Waals surface area contributed by atoms with Crippen LogP contribution in [-0.2, 0) is 0 Å². The molecule has 90 valence electrons. The van der Waals surface area contributed by atoms with E-state index in [1.807, 2.05) is 32.0 Å². The standard InChI is InChI=1S/C12H18ClNOS/c1-3-12(15,4-2)8-16-11-9(13)6-5-7-10(11)14/h5-7,15H,3-4,8,14H2,1-2H3. The highest BCUT2D eigenvalue weighted by Gasteiger charge is 2.23. The molecule has 0 amide bonds. The van der Waals surface area contributed by atoms with E-state index in [1.54, 1.807) is 0 Å². The molecule has 0 unspecified atom stereocenters. The summed E-state index contributed by atoms with van der Waals surface area (Å²) in [5.41, 5.74) is 5.89. The van der Waals surface area contributed by atoms with E-state index in [-0.39, 0.29) is 0 Å². The predicted molar refractivity (Wildman–Crippen MR) is 72.1 cm³/mol. The van der Waals surface area contributed by atoms with Crippen LogP contribution in [0.2, 0.25) is 5.02 Å². The Morgan fingerprint density at radius 2 is 2.00 bits per heavy atom. The second-order valence-corrected chi connectivity index (χ2v) is 5.27. The first-order valence-electron chi connectivity index (χ1n) is 5.41. The molecule has 0 spiro atoms. The molecule has 0 aliphatic carbocycles. The van der Waals surface area contributed by atoms with Gasteiger partial charge in [-0.3, -0.25) is 0 Å². The highest BCUT2D eigenvalue weighted by atomic mass is 35.5. The molecular formula is C12H18ClNOS. The van der Waals surface area contributed by atoms with Crippen molar-refractivity contribution in [3.8, 4) is 0 Å². The van der Waals surface area contributed by atoms with E-state index in [4.69, 9.17) is 17.3 Å². The zero-order chi connectivity index (χ0) is 12.2. The summed E-state index contributed by atoms with van der Waals surface area (Å²) in [5, 5.41) is 10.8. The molecule has 0 bridgehead atoms. The van der Waals surface area contributed by atoms with Crippen LogP contribution in [0.3, 0.4) is 0 Å². The fraction of sp³-hybridized carbons (Fsp3) is 0.500. The minimum Gasteiger partial charge on any atom is -0.398 e. The van der Waals surface area contributed by atoms with E-state index in [9.17, 15) is 5.11 Å². The Bertz CT molecular complexity index is 333. The fourth-order valence-electron chi connectivity index (χ4n) is 1.34. The van der Waals surface area contributed by atoms with Gasteiger partial charge in [-0.15, -0.1) is 11.8 Å². The van der Waals surface area contributed by atoms with Crippen LogP contribution >= 0.6 is 23.4 Å². The number of rotatable bonds is 5. The molecule has 16 heavy (non-hydrogen) atoms. The van der Waals surface area contributed by atoms with Crippen LogP contribution in [0.1, 0.15) is 26.7 Å². The smallest absolute Gasteiger partial charge is 0.0736 e. The van der Waals surface area contributed by atoms with Gasteiger partial charge in [0.25, 0.3) is 0 Å². The van der Waals surface area contributed by atoms with Gasteiger partial charge in [0.05, 0.1) is 10.6 Å². The Morgan fingerprint density at radius 1 is 1.38 bits per heavy atom. The van der Waals surface area contributed by atoms with Crippen molar-refractivity contribution in [2.24, 2.45) is 0 Å². The summed E-state index contributed by atoms with van der Waals surface area (Å²) >= 11 is 7.59. The molecule has 0 saturated heterocycles. The first kappa shape index (κ1) is 13.7. The summed E-state index contributed by atoms with van der Waals surface area (Å²) in [5.74, 6) is 0.619. The highest BCUT2D eigenvalue weighted by molar-refractivity contribution is 7.99. The van der Waals surface area contributed by atoms with E-state index < -0.39 is 5.60 Å². The molecule has 2 nitrogen and oxygen atoms in total. The van der Waals surface area contributed by atoms with Crippen LogP contribution < -0.4 is 5.73 Å². The number of hydrogen-bond acceptors (Lipinski definition) is 3. The van der Waals surface area contributed by atoms with Crippen molar-refractivity contribution in [2.75, 3.05) is 11.5 Å². The largest absolute Gasteiger partial charge is 0.398 e. The quantitative estimate of drug-likeness (QED) is 0.628. The van der Waals surface area contributed by atoms with Gasteiger partial charge in [-0.1, -0.05) is 31.5 Å². The number of thioether (sulfide) groups is 1. The average molecular weight is 260 g/mol. The first-order chi connectivity index (χ1) is 7.52. The van der Waals surface area contributed by atoms with Gasteiger partial charge in [0, 0.05) is 16.3 Å². The lowest BCUT2D eigenvalue weighted by Gasteiger charge is -2.25. The SMILES string of the molecule is CCC(O)(CC)CSc1c(N)cccc1Cl. The second kappa shape index (κ2) is 5.80. The Kier molecular flexibility index (Phi) is 4.96. The molecule has 0 heterocycles. The lowest BCUT2D eigenvalue weighted by Crippen LogP contribution is -2.29. The molecule has 0 saturated carbocycles. The van der Waals surface area contributed by atoms with Crippen molar-refractivity contribution in [1.82, 2.24) is 0 Å². The summed E-state index contributed by atoms with van der Waals surface area (Å²) < 4.78 is 0. The van der Waals surface area contributed by atoms with Gasteiger partial charge in [0.15, 0.2) is 0 Å². The van der Waals surface area contributed by atoms with Gasteiger partial charge in [0.1, 0.15) is 0 Å². The molecule has 1 rings (SSSR count). The summed E-state index contributed by atoms with van der Waals surface area (Å²) in [4.78, 5) is 0.865. The van der Waals surface area contributed by atoms with Crippen molar-refractivity contribution >= 4 is 29.1 Å². The monoisotopic (exact) mass is 259 g/mol. The van der Waals surface area contributed by atoms with Gasteiger partial charge >= 0.3 is 0 Å². The molecule has 1 aromatic carbocycles. The Hall–Kier alpha value is -0.380. The van der Waals surface area contributed by atoms with Crippen molar-refractivity contribution in [1.29, 1.82) is 0 Å². The van der Waals surface area contributed by atoms with Crippen LogP contribution in [0.5, 0.6) is 0 Å². The summed E-state index contributed by atoms with van der Waals surface area (Å²) in [6, 6.07) is 5.47. The topological polar surface area (TPSA) is 46.2 Å². The van der Waals surface area contributed by atoms with Gasteiger partial charge in [-0.05, 0) is 25.0 Å². The molecule has 0 aliphatic heterocycles. The van der Waals surface area contributed by atoms with Gasteiger partial charge < -0.3 is 10.8 Å². The lowest BCUT2D eigenvalue weighted by atomic mass is 10.0. The average Bonchev–Trinajstić information content (AvgIpc) is 2.28. The Balaban J connectivity index is 2.75.